The van der Waals surface area contributed by atoms with Gasteiger partial charge in [-0.1, -0.05) is 31.2 Å². The topological polar surface area (TPSA) is 92.9 Å². The predicted molar refractivity (Wildman–Crippen MR) is 178 cm³/mol. The molecule has 0 aliphatic carbocycles. The largest absolute Gasteiger partial charge is 0.492 e. The van der Waals surface area contributed by atoms with E-state index in [0.717, 1.165) is 33.3 Å². The molecule has 9 nitrogen and oxygen atoms in total. The van der Waals surface area contributed by atoms with Crippen molar-refractivity contribution in [2.45, 2.75) is 39.3 Å². The van der Waals surface area contributed by atoms with Crippen LogP contribution in [0.1, 0.15) is 36.5 Å². The van der Waals surface area contributed by atoms with Crippen LogP contribution in [-0.4, -0.2) is 79.6 Å². The zero-order valence-electron chi connectivity index (χ0n) is 26.7. The van der Waals surface area contributed by atoms with Gasteiger partial charge in [0, 0.05) is 61.4 Å². The first kappa shape index (κ1) is 31.8. The number of aromatic nitrogens is 1. The fourth-order valence-electron chi connectivity index (χ4n) is 6.05. The SMILES string of the molecule is CCOc1ccc(CN(C)C)cc1NC(=O)[C@H](NC(=O)N1CCN(c2ccc(F)cc2C)CC1)[C@H](C)c1c[nH]c2ccccc12. The van der Waals surface area contributed by atoms with Gasteiger partial charge in [0.2, 0.25) is 5.91 Å². The van der Waals surface area contributed by atoms with Crippen molar-refractivity contribution in [1.29, 1.82) is 0 Å². The summed E-state index contributed by atoms with van der Waals surface area (Å²) in [4.78, 5) is 37.1. The number of anilines is 2. The summed E-state index contributed by atoms with van der Waals surface area (Å²) in [6.45, 7) is 9.05. The lowest BCUT2D eigenvalue weighted by Crippen LogP contribution is -2.56. The third kappa shape index (κ3) is 7.39. The van der Waals surface area contributed by atoms with E-state index >= 15 is 0 Å². The molecular formula is C35H43FN6O3. The van der Waals surface area contributed by atoms with E-state index in [1.165, 1.54) is 12.1 Å². The molecular weight excluding hydrogens is 571 g/mol. The highest BCUT2D eigenvalue weighted by molar-refractivity contribution is 5.99. The van der Waals surface area contributed by atoms with Gasteiger partial charge in [0.1, 0.15) is 17.6 Å². The maximum Gasteiger partial charge on any atom is 0.318 e. The lowest BCUT2D eigenvalue weighted by Gasteiger charge is -2.37. The zero-order valence-corrected chi connectivity index (χ0v) is 26.7. The third-order valence-electron chi connectivity index (χ3n) is 8.34. The van der Waals surface area contributed by atoms with E-state index in [4.69, 9.17) is 4.74 Å². The Morgan fingerprint density at radius 1 is 1.04 bits per heavy atom. The van der Waals surface area contributed by atoms with E-state index in [1.54, 1.807) is 11.0 Å². The summed E-state index contributed by atoms with van der Waals surface area (Å²) in [6, 6.07) is 17.3. The Morgan fingerprint density at radius 2 is 1.80 bits per heavy atom. The van der Waals surface area contributed by atoms with E-state index in [0.29, 0.717) is 50.8 Å². The van der Waals surface area contributed by atoms with Crippen LogP contribution in [0.4, 0.5) is 20.6 Å². The number of nitrogens with one attached hydrogen (secondary N) is 3. The Balaban J connectivity index is 1.38. The average Bonchev–Trinajstić information content (AvgIpc) is 3.45. The highest BCUT2D eigenvalue weighted by Gasteiger charge is 2.33. The minimum Gasteiger partial charge on any atom is -0.492 e. The Hall–Kier alpha value is -4.57. The number of hydrogen-bond acceptors (Lipinski definition) is 5. The van der Waals surface area contributed by atoms with Crippen molar-refractivity contribution in [3.63, 3.8) is 0 Å². The number of para-hydroxylation sites is 1. The van der Waals surface area contributed by atoms with Gasteiger partial charge in [0.15, 0.2) is 0 Å². The second-order valence-electron chi connectivity index (χ2n) is 11.9. The fraction of sp³-hybridized carbons (Fsp3) is 0.371. The molecule has 1 saturated heterocycles. The van der Waals surface area contributed by atoms with Crippen LogP contribution in [-0.2, 0) is 11.3 Å². The number of amides is 3. The van der Waals surface area contributed by atoms with Crippen LogP contribution in [0, 0.1) is 12.7 Å². The molecule has 0 unspecified atom stereocenters. The second kappa shape index (κ2) is 14.0. The summed E-state index contributed by atoms with van der Waals surface area (Å²) in [5.74, 6) is -0.371. The molecule has 45 heavy (non-hydrogen) atoms. The molecule has 2 atom stereocenters. The number of urea groups is 1. The number of rotatable bonds is 10. The minimum absolute atomic E-state index is 0.263. The number of H-pyrrole nitrogens is 1. The number of carbonyl (C=O) groups excluding carboxylic acids is 2. The number of hydrogen-bond donors (Lipinski definition) is 3. The van der Waals surface area contributed by atoms with Crippen molar-refractivity contribution < 1.29 is 18.7 Å². The molecule has 1 aromatic heterocycles. The van der Waals surface area contributed by atoms with Gasteiger partial charge < -0.3 is 35.1 Å². The molecule has 3 amide bonds. The van der Waals surface area contributed by atoms with Crippen LogP contribution in [0.15, 0.2) is 66.9 Å². The fourth-order valence-corrected chi connectivity index (χ4v) is 6.05. The lowest BCUT2D eigenvalue weighted by atomic mass is 9.92. The Kier molecular flexibility index (Phi) is 9.93. The van der Waals surface area contributed by atoms with Gasteiger partial charge >= 0.3 is 6.03 Å². The maximum absolute atomic E-state index is 14.1. The van der Waals surface area contributed by atoms with Gasteiger partial charge in [-0.05, 0) is 81.0 Å². The molecule has 5 rings (SSSR count). The van der Waals surface area contributed by atoms with Crippen molar-refractivity contribution in [2.75, 3.05) is 57.1 Å². The van der Waals surface area contributed by atoms with Crippen LogP contribution in [0.3, 0.4) is 0 Å². The van der Waals surface area contributed by atoms with Crippen LogP contribution >= 0.6 is 0 Å². The van der Waals surface area contributed by atoms with Crippen molar-refractivity contribution in [2.24, 2.45) is 0 Å². The van der Waals surface area contributed by atoms with E-state index in [2.05, 4.69) is 25.4 Å². The quantitative estimate of drug-likeness (QED) is 0.213. The molecule has 3 N–H and O–H groups in total. The highest BCUT2D eigenvalue weighted by Crippen LogP contribution is 2.31. The summed E-state index contributed by atoms with van der Waals surface area (Å²) in [7, 11) is 3.98. The number of aromatic amines is 1. The normalized spacial score (nSPS) is 14.8. The monoisotopic (exact) mass is 614 g/mol. The van der Waals surface area contributed by atoms with Crippen LogP contribution < -0.4 is 20.3 Å². The first-order valence-corrected chi connectivity index (χ1v) is 15.5. The molecule has 4 aromatic rings. The first-order valence-electron chi connectivity index (χ1n) is 15.5. The van der Waals surface area contributed by atoms with E-state index < -0.39 is 6.04 Å². The van der Waals surface area contributed by atoms with Crippen LogP contribution in [0.5, 0.6) is 5.75 Å². The smallest absolute Gasteiger partial charge is 0.318 e. The van der Waals surface area contributed by atoms with Gasteiger partial charge in [0.25, 0.3) is 0 Å². The highest BCUT2D eigenvalue weighted by atomic mass is 19.1. The summed E-state index contributed by atoms with van der Waals surface area (Å²) < 4.78 is 19.5. The van der Waals surface area contributed by atoms with E-state index in [9.17, 15) is 14.0 Å². The molecule has 2 heterocycles. The van der Waals surface area contributed by atoms with Crippen molar-refractivity contribution in [3.8, 4) is 5.75 Å². The zero-order chi connectivity index (χ0) is 32.1. The number of benzene rings is 3. The molecule has 238 valence electrons. The summed E-state index contributed by atoms with van der Waals surface area (Å²) in [5.41, 5.74) is 5.32. The first-order chi connectivity index (χ1) is 21.6. The van der Waals surface area contributed by atoms with Gasteiger partial charge in [-0.25, -0.2) is 9.18 Å². The number of nitrogens with zero attached hydrogens (tertiary/aromatic N) is 3. The molecule has 1 aliphatic heterocycles. The van der Waals surface area contributed by atoms with Crippen molar-refractivity contribution >= 4 is 34.2 Å². The molecule has 0 bridgehead atoms. The number of piperazine rings is 1. The Morgan fingerprint density at radius 3 is 2.51 bits per heavy atom. The average molecular weight is 615 g/mol. The van der Waals surface area contributed by atoms with E-state index in [-0.39, 0.29) is 23.7 Å². The predicted octanol–water partition coefficient (Wildman–Crippen LogP) is 5.72. The number of halogens is 1. The standard InChI is InChI=1S/C35H43FN6O3/c1-6-45-32-14-11-25(22-40(4)5)20-30(32)38-34(43)33(24(3)28-21-37-29-10-8-7-9-27(28)29)39-35(44)42-17-15-41(16-18-42)31-13-12-26(36)19-23(31)2/h7-14,19-21,24,33,37H,6,15-18,22H2,1-5H3,(H,38,43)(H,39,44)/t24-,33-/m1/s1. The third-order valence-corrected chi connectivity index (χ3v) is 8.34. The van der Waals surface area contributed by atoms with Gasteiger partial charge in [-0.15, -0.1) is 0 Å². The molecule has 0 saturated carbocycles. The maximum atomic E-state index is 14.1. The Bertz CT molecular complexity index is 1650. The number of fused-ring (bicyclic) bond motifs is 1. The number of carbonyl (C=O) groups is 2. The molecule has 0 spiro atoms. The summed E-state index contributed by atoms with van der Waals surface area (Å²) in [5, 5.41) is 7.16. The summed E-state index contributed by atoms with van der Waals surface area (Å²) in [6.07, 6.45) is 1.91. The molecule has 0 radical (unpaired) electrons. The molecule has 1 aliphatic rings. The minimum atomic E-state index is -0.874. The van der Waals surface area contributed by atoms with Crippen molar-refractivity contribution in [3.05, 3.63) is 89.4 Å². The van der Waals surface area contributed by atoms with Gasteiger partial charge in [-0.3, -0.25) is 4.79 Å². The molecule has 1 fully saturated rings. The summed E-state index contributed by atoms with van der Waals surface area (Å²) >= 11 is 0. The van der Waals surface area contributed by atoms with Gasteiger partial charge in [0.05, 0.1) is 12.3 Å². The molecule has 10 heteroatoms. The van der Waals surface area contributed by atoms with Crippen molar-refractivity contribution in [1.82, 2.24) is 20.1 Å². The number of aryl methyl sites for hydroxylation is 1. The second-order valence-corrected chi connectivity index (χ2v) is 11.9. The lowest BCUT2D eigenvalue weighted by molar-refractivity contribution is -0.118. The molecule has 3 aromatic carbocycles. The van der Waals surface area contributed by atoms with Crippen LogP contribution in [0.25, 0.3) is 10.9 Å². The Labute approximate surface area is 264 Å². The van der Waals surface area contributed by atoms with E-state index in [1.807, 2.05) is 83.5 Å². The number of ether oxygens (including phenoxy) is 1. The van der Waals surface area contributed by atoms with Gasteiger partial charge in [-0.2, -0.15) is 0 Å². The van der Waals surface area contributed by atoms with Crippen LogP contribution in [0.2, 0.25) is 0 Å².